The van der Waals surface area contributed by atoms with E-state index in [0.717, 1.165) is 16.8 Å². The van der Waals surface area contributed by atoms with Gasteiger partial charge in [0.2, 0.25) is 11.8 Å². The molecule has 2 heterocycles. The maximum atomic E-state index is 13.3. The molecule has 8 heteroatoms. The lowest BCUT2D eigenvalue weighted by Gasteiger charge is -2.26. The Kier molecular flexibility index (Phi) is 6.60. The number of nitrogens with one attached hydrogen (secondary N) is 3. The van der Waals surface area contributed by atoms with E-state index in [1.54, 1.807) is 31.4 Å². The smallest absolute Gasteiger partial charge is 0.225 e. The number of halogens is 1. The van der Waals surface area contributed by atoms with Gasteiger partial charge in [0.25, 0.3) is 0 Å². The molecule has 1 unspecified atom stereocenters. The average molecular weight is 433 g/mol. The van der Waals surface area contributed by atoms with Crippen LogP contribution in [0.4, 0.5) is 10.1 Å². The van der Waals surface area contributed by atoms with E-state index in [0.29, 0.717) is 37.1 Å². The molecule has 164 valence electrons. The molecule has 0 aliphatic carbocycles. The number of anilines is 1. The lowest BCUT2D eigenvalue weighted by Crippen LogP contribution is -2.40. The Morgan fingerprint density at radius 3 is 2.84 bits per heavy atom. The summed E-state index contributed by atoms with van der Waals surface area (Å²) in [6.07, 6.45) is 2.12. The van der Waals surface area contributed by atoms with Crippen molar-refractivity contribution in [3.8, 4) is 11.6 Å². The molecule has 0 saturated carbocycles. The number of nitrogens with zero attached hydrogens (tertiary/aromatic N) is 2. The van der Waals surface area contributed by atoms with E-state index in [9.17, 15) is 9.18 Å². The van der Waals surface area contributed by atoms with Crippen molar-refractivity contribution in [1.82, 2.24) is 15.6 Å². The molecule has 4 rings (SSSR count). The van der Waals surface area contributed by atoms with Crippen molar-refractivity contribution < 1.29 is 13.9 Å². The Bertz CT molecular complexity index is 1120. The fourth-order valence-corrected chi connectivity index (χ4v) is 3.54. The third-order valence-electron chi connectivity index (χ3n) is 5.12. The van der Waals surface area contributed by atoms with Gasteiger partial charge in [-0.25, -0.2) is 9.37 Å². The first-order valence-electron chi connectivity index (χ1n) is 10.3. The summed E-state index contributed by atoms with van der Waals surface area (Å²) in [7, 11) is 1.70. The Hall–Kier alpha value is -3.94. The fourth-order valence-electron chi connectivity index (χ4n) is 3.54. The maximum absolute atomic E-state index is 13.3. The maximum Gasteiger partial charge on any atom is 0.225 e. The molecule has 0 bridgehead atoms. The molecule has 1 aliphatic rings. The van der Waals surface area contributed by atoms with Crippen LogP contribution in [-0.4, -0.2) is 30.4 Å². The van der Waals surface area contributed by atoms with E-state index in [-0.39, 0.29) is 17.6 Å². The van der Waals surface area contributed by atoms with Crippen molar-refractivity contribution in [2.24, 2.45) is 4.99 Å². The molecule has 0 fully saturated rings. The standard InChI is InChI=1S/C24H24FN5O2/c1-26-24(29-15-17-11-22(31)30-21-8-3-2-7-20(17)21)28-14-16-9-10-23(27-13-16)32-19-6-4-5-18(25)12-19/h2-10,12-13,17H,11,14-15H2,1H3,(H,30,31)(H2,26,28,29). The lowest BCUT2D eigenvalue weighted by molar-refractivity contribution is -0.116. The zero-order valence-corrected chi connectivity index (χ0v) is 17.6. The number of hydrogen-bond acceptors (Lipinski definition) is 4. The molecule has 1 aromatic heterocycles. The van der Waals surface area contributed by atoms with Gasteiger partial charge < -0.3 is 20.7 Å². The summed E-state index contributed by atoms with van der Waals surface area (Å²) >= 11 is 0. The van der Waals surface area contributed by atoms with E-state index < -0.39 is 0 Å². The summed E-state index contributed by atoms with van der Waals surface area (Å²) in [5.74, 6) is 1.14. The number of pyridine rings is 1. The molecule has 0 radical (unpaired) electrons. The van der Waals surface area contributed by atoms with Crippen LogP contribution in [0.25, 0.3) is 0 Å². The molecular weight excluding hydrogens is 409 g/mol. The predicted molar refractivity (Wildman–Crippen MR) is 121 cm³/mol. The van der Waals surface area contributed by atoms with E-state index >= 15 is 0 Å². The second kappa shape index (κ2) is 9.91. The lowest BCUT2D eigenvalue weighted by atomic mass is 9.90. The highest BCUT2D eigenvalue weighted by Gasteiger charge is 2.24. The number of benzene rings is 2. The van der Waals surface area contributed by atoms with Crippen LogP contribution in [0.5, 0.6) is 11.6 Å². The van der Waals surface area contributed by atoms with Crippen LogP contribution in [0.3, 0.4) is 0 Å². The Labute approximate surface area is 185 Å². The Morgan fingerprint density at radius 1 is 1.19 bits per heavy atom. The van der Waals surface area contributed by atoms with Gasteiger partial charge in [0.15, 0.2) is 5.96 Å². The first-order chi connectivity index (χ1) is 15.6. The van der Waals surface area contributed by atoms with Gasteiger partial charge in [-0.15, -0.1) is 0 Å². The second-order valence-electron chi connectivity index (χ2n) is 7.41. The molecule has 1 aliphatic heterocycles. The molecule has 1 atom stereocenters. The van der Waals surface area contributed by atoms with Crippen molar-refractivity contribution in [3.05, 3.63) is 83.8 Å². The number of aromatic nitrogens is 1. The van der Waals surface area contributed by atoms with Crippen molar-refractivity contribution in [2.45, 2.75) is 18.9 Å². The van der Waals surface area contributed by atoms with Crippen LogP contribution in [0.1, 0.15) is 23.5 Å². The van der Waals surface area contributed by atoms with Gasteiger partial charge in [0, 0.05) is 56.5 Å². The largest absolute Gasteiger partial charge is 0.439 e. The van der Waals surface area contributed by atoms with Gasteiger partial charge in [-0.3, -0.25) is 9.79 Å². The van der Waals surface area contributed by atoms with Gasteiger partial charge in [0.1, 0.15) is 11.6 Å². The number of ether oxygens (including phenoxy) is 1. The number of para-hydroxylation sites is 1. The van der Waals surface area contributed by atoms with Crippen LogP contribution in [0.15, 0.2) is 71.9 Å². The van der Waals surface area contributed by atoms with Gasteiger partial charge in [-0.1, -0.05) is 30.3 Å². The van der Waals surface area contributed by atoms with E-state index in [2.05, 4.69) is 25.9 Å². The SMILES string of the molecule is CN=C(NCc1ccc(Oc2cccc(F)c2)nc1)NCC1CC(=O)Nc2ccccc21. The van der Waals surface area contributed by atoms with Crippen LogP contribution in [0.2, 0.25) is 0 Å². The molecule has 2 aromatic carbocycles. The highest BCUT2D eigenvalue weighted by molar-refractivity contribution is 5.94. The first-order valence-corrected chi connectivity index (χ1v) is 10.3. The Balaban J connectivity index is 1.30. The number of amides is 1. The molecule has 0 saturated heterocycles. The van der Waals surface area contributed by atoms with Crippen molar-refractivity contribution in [3.63, 3.8) is 0 Å². The van der Waals surface area contributed by atoms with Gasteiger partial charge >= 0.3 is 0 Å². The van der Waals surface area contributed by atoms with Crippen LogP contribution >= 0.6 is 0 Å². The summed E-state index contributed by atoms with van der Waals surface area (Å²) in [6.45, 7) is 1.09. The summed E-state index contributed by atoms with van der Waals surface area (Å²) < 4.78 is 18.8. The summed E-state index contributed by atoms with van der Waals surface area (Å²) in [5, 5.41) is 9.46. The van der Waals surface area contributed by atoms with Gasteiger partial charge in [0.05, 0.1) is 0 Å². The first kappa shape index (κ1) is 21.3. The average Bonchev–Trinajstić information content (AvgIpc) is 2.80. The molecule has 7 nitrogen and oxygen atoms in total. The topological polar surface area (TPSA) is 87.6 Å². The second-order valence-corrected chi connectivity index (χ2v) is 7.41. The number of rotatable bonds is 6. The number of hydrogen-bond donors (Lipinski definition) is 3. The van der Waals surface area contributed by atoms with Crippen molar-refractivity contribution in [1.29, 1.82) is 0 Å². The highest BCUT2D eigenvalue weighted by atomic mass is 19.1. The zero-order chi connectivity index (χ0) is 22.3. The van der Waals surface area contributed by atoms with Crippen molar-refractivity contribution >= 4 is 17.6 Å². The summed E-state index contributed by atoms with van der Waals surface area (Å²) in [6, 6.07) is 17.4. The minimum Gasteiger partial charge on any atom is -0.439 e. The molecule has 0 spiro atoms. The van der Waals surface area contributed by atoms with Crippen LogP contribution in [0, 0.1) is 5.82 Å². The van der Waals surface area contributed by atoms with Crippen molar-refractivity contribution in [2.75, 3.05) is 18.9 Å². The normalized spacial score (nSPS) is 15.5. The summed E-state index contributed by atoms with van der Waals surface area (Å²) in [4.78, 5) is 20.5. The van der Waals surface area contributed by atoms with E-state index in [1.807, 2.05) is 30.3 Å². The zero-order valence-electron chi connectivity index (χ0n) is 17.6. The quantitative estimate of drug-likeness (QED) is 0.407. The molecule has 1 amide bonds. The van der Waals surface area contributed by atoms with Gasteiger partial charge in [-0.05, 0) is 29.3 Å². The monoisotopic (exact) mass is 433 g/mol. The Morgan fingerprint density at radius 2 is 2.06 bits per heavy atom. The fraction of sp³-hybridized carbons (Fsp3) is 0.208. The number of carbonyl (C=O) groups is 1. The molecule has 3 aromatic rings. The van der Waals surface area contributed by atoms with E-state index in [1.165, 1.54) is 12.1 Å². The number of fused-ring (bicyclic) bond motifs is 1. The molecule has 32 heavy (non-hydrogen) atoms. The number of guanidine groups is 1. The summed E-state index contributed by atoms with van der Waals surface area (Å²) in [5.41, 5.74) is 2.92. The van der Waals surface area contributed by atoms with Crippen LogP contribution < -0.4 is 20.7 Å². The minimum atomic E-state index is -0.362. The van der Waals surface area contributed by atoms with Crippen LogP contribution in [-0.2, 0) is 11.3 Å². The number of carbonyl (C=O) groups excluding carboxylic acids is 1. The third kappa shape index (κ3) is 5.40. The minimum absolute atomic E-state index is 0.0186. The third-order valence-corrected chi connectivity index (χ3v) is 5.12. The van der Waals surface area contributed by atoms with E-state index in [4.69, 9.17) is 4.74 Å². The molecular formula is C24H24FN5O2. The number of aliphatic imine (C=N–C) groups is 1. The predicted octanol–water partition coefficient (Wildman–Crippen LogP) is 3.80. The molecule has 3 N–H and O–H groups in total. The highest BCUT2D eigenvalue weighted by Crippen LogP contribution is 2.31. The van der Waals surface area contributed by atoms with Gasteiger partial charge in [-0.2, -0.15) is 0 Å².